The van der Waals surface area contributed by atoms with Gasteiger partial charge in [-0.1, -0.05) is 13.8 Å². The highest BCUT2D eigenvalue weighted by Crippen LogP contribution is 2.28. The van der Waals surface area contributed by atoms with E-state index in [-0.39, 0.29) is 36.3 Å². The van der Waals surface area contributed by atoms with E-state index in [1.807, 2.05) is 39.5 Å². The van der Waals surface area contributed by atoms with E-state index in [1.54, 1.807) is 19.3 Å². The Kier molecular flexibility index (Phi) is 8.46. The third-order valence-corrected chi connectivity index (χ3v) is 5.86. The Morgan fingerprint density at radius 3 is 2.47 bits per heavy atom. The smallest absolute Gasteiger partial charge is 0.250 e. The molecule has 192 valence electrons. The maximum absolute atomic E-state index is 11.8. The zero-order chi connectivity index (χ0) is 26.6. The molecule has 0 bridgehead atoms. The predicted molar refractivity (Wildman–Crippen MR) is 138 cm³/mol. The molecular weight excluding hydrogens is 460 g/mol. The standard InChI is InChI=1S/C23H28N8O3.C2H6/c1-12-9-31(11-17(34-12)15-5-8-19(33)30(4)10-15)23-28-20(16(24)6-7-18(25)32)21-22(29-23)27-14(3)13(2)26-21;1-2/h5,8,10,12,17,24H,6-7,9,11H2,1-4H3,(H2,25,32);1-2H3. The van der Waals surface area contributed by atoms with Crippen molar-refractivity contribution in [2.24, 2.45) is 12.8 Å². The average Bonchev–Trinajstić information content (AvgIpc) is 2.85. The summed E-state index contributed by atoms with van der Waals surface area (Å²) in [4.78, 5) is 43.6. The summed E-state index contributed by atoms with van der Waals surface area (Å²) in [5.41, 5.74) is 8.85. The van der Waals surface area contributed by atoms with Crippen molar-refractivity contribution in [3.8, 4) is 0 Å². The van der Waals surface area contributed by atoms with Crippen molar-refractivity contribution in [3.05, 3.63) is 51.3 Å². The quantitative estimate of drug-likeness (QED) is 0.495. The lowest BCUT2D eigenvalue weighted by atomic mass is 10.1. The molecular formula is C25H34N8O3. The van der Waals surface area contributed by atoms with Gasteiger partial charge in [0.25, 0.3) is 0 Å². The van der Waals surface area contributed by atoms with Crippen molar-refractivity contribution < 1.29 is 9.53 Å². The van der Waals surface area contributed by atoms with Crippen LogP contribution in [0.3, 0.4) is 0 Å². The number of carbonyl (C=O) groups is 1. The van der Waals surface area contributed by atoms with E-state index in [9.17, 15) is 9.59 Å². The minimum Gasteiger partial charge on any atom is -0.370 e. The van der Waals surface area contributed by atoms with Crippen LogP contribution >= 0.6 is 0 Å². The number of carbonyl (C=O) groups excluding carboxylic acids is 1. The number of ether oxygens (including phenoxy) is 1. The van der Waals surface area contributed by atoms with E-state index in [1.165, 1.54) is 10.6 Å². The number of fused-ring (bicyclic) bond motifs is 1. The summed E-state index contributed by atoms with van der Waals surface area (Å²) in [5, 5.41) is 8.56. The van der Waals surface area contributed by atoms with Gasteiger partial charge in [0.2, 0.25) is 17.4 Å². The minimum absolute atomic E-state index is 0.0430. The molecule has 4 rings (SSSR count). The molecule has 1 amide bonds. The second kappa shape index (κ2) is 11.3. The summed E-state index contributed by atoms with van der Waals surface area (Å²) in [7, 11) is 1.70. The van der Waals surface area contributed by atoms with Crippen LogP contribution in [0.4, 0.5) is 5.95 Å². The summed E-state index contributed by atoms with van der Waals surface area (Å²) in [6.07, 6.45) is 1.54. The first kappa shape index (κ1) is 26.9. The Hall–Kier alpha value is -3.73. The normalized spacial score (nSPS) is 17.4. The minimum atomic E-state index is -0.483. The Morgan fingerprint density at radius 1 is 1.11 bits per heavy atom. The van der Waals surface area contributed by atoms with Gasteiger partial charge < -0.3 is 25.3 Å². The van der Waals surface area contributed by atoms with Crippen LogP contribution in [-0.4, -0.2) is 55.3 Å². The number of rotatable bonds is 6. The summed E-state index contributed by atoms with van der Waals surface area (Å²) in [5.74, 6) is -0.0719. The molecule has 11 heteroatoms. The zero-order valence-corrected chi connectivity index (χ0v) is 21.7. The summed E-state index contributed by atoms with van der Waals surface area (Å²) in [6, 6.07) is 3.29. The van der Waals surface area contributed by atoms with Crippen LogP contribution < -0.4 is 16.2 Å². The molecule has 3 aromatic heterocycles. The highest BCUT2D eigenvalue weighted by molar-refractivity contribution is 6.06. The lowest BCUT2D eigenvalue weighted by Gasteiger charge is -2.37. The Labute approximate surface area is 210 Å². The van der Waals surface area contributed by atoms with Crippen LogP contribution in [-0.2, 0) is 16.6 Å². The second-order valence-electron chi connectivity index (χ2n) is 8.64. The molecule has 2 atom stereocenters. The highest BCUT2D eigenvalue weighted by Gasteiger charge is 2.29. The first-order chi connectivity index (χ1) is 17.1. The molecule has 1 aliphatic rings. The van der Waals surface area contributed by atoms with Crippen LogP contribution in [0.1, 0.15) is 62.4 Å². The Balaban J connectivity index is 0.00000176. The van der Waals surface area contributed by atoms with Crippen molar-refractivity contribution in [2.75, 3.05) is 18.0 Å². The monoisotopic (exact) mass is 494 g/mol. The molecule has 1 aliphatic heterocycles. The molecule has 11 nitrogen and oxygen atoms in total. The molecule has 1 fully saturated rings. The number of morpholine rings is 1. The van der Waals surface area contributed by atoms with Crippen LogP contribution in [0.5, 0.6) is 0 Å². The summed E-state index contributed by atoms with van der Waals surface area (Å²) in [6.45, 7) is 10.7. The third-order valence-electron chi connectivity index (χ3n) is 5.86. The Bertz CT molecular complexity index is 1340. The van der Waals surface area contributed by atoms with Gasteiger partial charge in [0.1, 0.15) is 17.3 Å². The van der Waals surface area contributed by atoms with Crippen LogP contribution in [0.15, 0.2) is 23.1 Å². The van der Waals surface area contributed by atoms with E-state index in [2.05, 4.69) is 15.0 Å². The lowest BCUT2D eigenvalue weighted by molar-refractivity contribution is -0.117. The molecule has 2 unspecified atom stereocenters. The molecule has 0 aromatic carbocycles. The zero-order valence-electron chi connectivity index (χ0n) is 21.7. The van der Waals surface area contributed by atoms with Gasteiger partial charge >= 0.3 is 0 Å². The van der Waals surface area contributed by atoms with Gasteiger partial charge in [0.05, 0.1) is 29.7 Å². The van der Waals surface area contributed by atoms with Gasteiger partial charge in [0, 0.05) is 32.3 Å². The van der Waals surface area contributed by atoms with Gasteiger partial charge in [-0.25, -0.2) is 15.0 Å². The number of amides is 1. The SMILES string of the molecule is CC.Cc1nc2nc(N3CC(C)OC(c4ccc(=O)n(C)c4)C3)nc(C(=N)CCC(N)=O)c2nc1C. The average molecular weight is 495 g/mol. The van der Waals surface area contributed by atoms with Gasteiger partial charge in [-0.15, -0.1) is 0 Å². The summed E-state index contributed by atoms with van der Waals surface area (Å²) >= 11 is 0. The molecule has 36 heavy (non-hydrogen) atoms. The first-order valence-corrected chi connectivity index (χ1v) is 12.1. The summed E-state index contributed by atoms with van der Waals surface area (Å²) < 4.78 is 7.67. The predicted octanol–water partition coefficient (Wildman–Crippen LogP) is 2.36. The number of nitrogens with two attached hydrogens (primary N) is 1. The fraction of sp³-hybridized carbons (Fsp3) is 0.480. The third kappa shape index (κ3) is 5.91. The number of nitrogens with one attached hydrogen (secondary N) is 1. The van der Waals surface area contributed by atoms with E-state index in [0.717, 1.165) is 17.0 Å². The Morgan fingerprint density at radius 2 is 1.81 bits per heavy atom. The molecule has 0 aliphatic carbocycles. The maximum Gasteiger partial charge on any atom is 0.250 e. The van der Waals surface area contributed by atoms with Crippen LogP contribution in [0, 0.1) is 19.3 Å². The van der Waals surface area contributed by atoms with Crippen molar-refractivity contribution in [1.82, 2.24) is 24.5 Å². The van der Waals surface area contributed by atoms with E-state index in [0.29, 0.717) is 35.9 Å². The maximum atomic E-state index is 11.8. The van der Waals surface area contributed by atoms with E-state index in [4.69, 9.17) is 20.9 Å². The van der Waals surface area contributed by atoms with Crippen molar-refractivity contribution in [3.63, 3.8) is 0 Å². The molecule has 1 saturated heterocycles. The van der Waals surface area contributed by atoms with Crippen molar-refractivity contribution in [1.29, 1.82) is 5.41 Å². The van der Waals surface area contributed by atoms with Crippen molar-refractivity contribution in [2.45, 2.75) is 59.7 Å². The number of pyridine rings is 1. The van der Waals surface area contributed by atoms with Crippen molar-refractivity contribution >= 4 is 28.7 Å². The fourth-order valence-electron chi connectivity index (χ4n) is 3.92. The number of nitrogens with zero attached hydrogens (tertiary/aromatic N) is 6. The van der Waals surface area contributed by atoms with E-state index < -0.39 is 5.91 Å². The number of anilines is 1. The lowest BCUT2D eigenvalue weighted by Crippen LogP contribution is -2.44. The molecule has 0 saturated carbocycles. The van der Waals surface area contributed by atoms with E-state index >= 15 is 0 Å². The number of aryl methyl sites for hydroxylation is 3. The molecule has 0 spiro atoms. The first-order valence-electron chi connectivity index (χ1n) is 12.1. The fourth-order valence-corrected chi connectivity index (χ4v) is 3.92. The van der Waals surface area contributed by atoms with Crippen LogP contribution in [0.2, 0.25) is 0 Å². The number of primary amides is 1. The van der Waals surface area contributed by atoms with Gasteiger partial charge in [-0.05, 0) is 38.8 Å². The largest absolute Gasteiger partial charge is 0.370 e. The molecule has 3 N–H and O–H groups in total. The molecule has 4 heterocycles. The number of hydrogen-bond acceptors (Lipinski definition) is 9. The topological polar surface area (TPSA) is 153 Å². The number of hydrogen-bond donors (Lipinski definition) is 2. The van der Waals surface area contributed by atoms with Gasteiger partial charge in [0.15, 0.2) is 5.65 Å². The molecule has 3 aromatic rings. The van der Waals surface area contributed by atoms with Gasteiger partial charge in [-0.3, -0.25) is 9.59 Å². The van der Waals surface area contributed by atoms with Gasteiger partial charge in [-0.2, -0.15) is 4.98 Å². The molecule has 0 radical (unpaired) electrons. The number of aromatic nitrogens is 5. The second-order valence-corrected chi connectivity index (χ2v) is 8.64. The highest BCUT2D eigenvalue weighted by atomic mass is 16.5. The van der Waals surface area contributed by atoms with Crippen LogP contribution in [0.25, 0.3) is 11.2 Å².